The number of aliphatic carboxylic acids is 1. The number of carbonyl (C=O) groups excluding carboxylic acids is 3. The number of ether oxygens (including phenoxy) is 6. The van der Waals surface area contributed by atoms with Gasteiger partial charge in [0.05, 0.1) is 64.3 Å². The van der Waals surface area contributed by atoms with E-state index in [4.69, 9.17) is 28.4 Å². The van der Waals surface area contributed by atoms with Crippen molar-refractivity contribution in [3.8, 4) is 11.3 Å². The summed E-state index contributed by atoms with van der Waals surface area (Å²) < 4.78 is 158. The van der Waals surface area contributed by atoms with E-state index < -0.39 is 196 Å². The number of hydrogen-bond donors (Lipinski definition) is 11. The number of halogens is 1. The average molecular weight is 1430 g/mol. The summed E-state index contributed by atoms with van der Waals surface area (Å²) in [4.78, 5) is 52.3. The van der Waals surface area contributed by atoms with Gasteiger partial charge >= 0.3 is 11.9 Å². The third-order valence-electron chi connectivity index (χ3n) is 17.6. The number of nitrogens with one attached hydrogen (secondary N) is 2. The summed E-state index contributed by atoms with van der Waals surface area (Å²) in [6, 6.07) is 14.2. The molecule has 4 aliphatic rings. The molecule has 6 aromatic rings. The number of fused-ring (bicyclic) bond motifs is 1. The van der Waals surface area contributed by atoms with Crippen LogP contribution >= 0.6 is 0 Å². The van der Waals surface area contributed by atoms with Crippen LogP contribution in [-0.2, 0) is 86.1 Å². The summed E-state index contributed by atoms with van der Waals surface area (Å²) >= 11 is 0. The van der Waals surface area contributed by atoms with Crippen LogP contribution < -0.4 is 10.6 Å². The Morgan fingerprint density at radius 3 is 2.14 bits per heavy atom. The molecule has 4 fully saturated rings. The number of hydrogen-bond acceptors (Lipinski definition) is 25. The van der Waals surface area contributed by atoms with Gasteiger partial charge in [0.25, 0.3) is 30.4 Å². The molecule has 0 spiro atoms. The average Bonchev–Trinajstić information content (AvgIpc) is 0.887. The summed E-state index contributed by atoms with van der Waals surface area (Å²) in [5, 5.41) is 87.5. The highest BCUT2D eigenvalue weighted by Gasteiger charge is 2.55. The molecule has 33 nitrogen and oxygen atoms in total. The number of aliphatic hydroxyl groups excluding tert-OH is 5. The Morgan fingerprint density at radius 2 is 1.47 bits per heavy atom. The summed E-state index contributed by atoms with van der Waals surface area (Å²) in [6.07, 6.45) is -15.4. The monoisotopic (exact) mass is 1430 g/mol. The number of carboxylic acids is 1. The fraction of sp³-hybridized carbons (Fsp3) is 0.508. The first-order valence-corrected chi connectivity index (χ1v) is 35.5. The molecular weight excluding hydrogens is 1360 g/mol. The van der Waals surface area contributed by atoms with Crippen molar-refractivity contribution in [1.82, 2.24) is 35.3 Å². The van der Waals surface area contributed by atoms with Crippen molar-refractivity contribution in [2.24, 2.45) is 11.8 Å². The van der Waals surface area contributed by atoms with E-state index in [1.54, 1.807) is 24.3 Å². The lowest BCUT2D eigenvalue weighted by Gasteiger charge is -2.48. The highest BCUT2D eigenvalue weighted by Crippen LogP contribution is 2.43. The van der Waals surface area contributed by atoms with Crippen LogP contribution in [0.4, 0.5) is 10.1 Å². The highest BCUT2D eigenvalue weighted by molar-refractivity contribution is 7.87. The van der Waals surface area contributed by atoms with Crippen LogP contribution in [0.5, 0.6) is 0 Å². The van der Waals surface area contributed by atoms with Gasteiger partial charge in [0.15, 0.2) is 24.8 Å². The number of rotatable bonds is 26. The van der Waals surface area contributed by atoms with Crippen molar-refractivity contribution in [2.45, 2.75) is 185 Å². The van der Waals surface area contributed by atoms with Gasteiger partial charge in [-0.25, -0.2) is 18.7 Å². The van der Waals surface area contributed by atoms with Crippen LogP contribution in [0.1, 0.15) is 93.2 Å². The van der Waals surface area contributed by atoms with Crippen molar-refractivity contribution in [3.63, 3.8) is 0 Å². The lowest BCUT2D eigenvalue weighted by molar-refractivity contribution is -0.348. The van der Waals surface area contributed by atoms with Crippen molar-refractivity contribution < 1.29 is 122 Å². The van der Waals surface area contributed by atoms with Crippen molar-refractivity contribution in [1.29, 1.82) is 0 Å². The highest BCUT2D eigenvalue weighted by atomic mass is 32.2. The van der Waals surface area contributed by atoms with E-state index in [9.17, 15) is 93.1 Å². The fourth-order valence-corrected chi connectivity index (χ4v) is 14.5. The van der Waals surface area contributed by atoms with Gasteiger partial charge in [-0.15, -0.1) is 10.2 Å². The molecule has 0 bridgehead atoms. The van der Waals surface area contributed by atoms with Gasteiger partial charge in [-0.2, -0.15) is 25.3 Å². The quantitative estimate of drug-likeness (QED) is 0.0210. The molecule has 2 aromatic heterocycles. The summed E-state index contributed by atoms with van der Waals surface area (Å²) in [6.45, 7) is 0.270. The SMILES string of the molecule is CC1OC(OC2C(OC3OC(CO)C(O)C(O[C@@H](CC4CCCCC4)C(=O)O)C3OC(=O)c3ccccc3)CC(C(=O)NCCCc3cn(CCC(=O)Nc4cc(S(=O)(=O)O)cc5cc(S(=O)(=O)O)cc(S(=O)(=O)O)c45)nn3)CC2n2cc(-c3cccc(F)c3)nn2)C(O)C(O)C1O. The molecule has 15 atom stereocenters. The van der Waals surface area contributed by atoms with Gasteiger partial charge < -0.3 is 69.7 Å². The molecule has 4 aromatic carbocycles. The summed E-state index contributed by atoms with van der Waals surface area (Å²) in [7, 11) is -15.6. The predicted octanol–water partition coefficient (Wildman–Crippen LogP) is 2.01. The van der Waals surface area contributed by atoms with E-state index in [1.807, 2.05) is 0 Å². The van der Waals surface area contributed by atoms with Crippen LogP contribution in [0.2, 0.25) is 0 Å². The van der Waals surface area contributed by atoms with Gasteiger partial charge in [-0.1, -0.05) is 72.9 Å². The van der Waals surface area contributed by atoms with Crippen molar-refractivity contribution in [2.75, 3.05) is 18.5 Å². The Hall–Kier alpha value is -7.44. The molecule has 14 unspecified atom stereocenters. The first-order valence-electron chi connectivity index (χ1n) is 31.2. The van der Waals surface area contributed by atoms with Gasteiger partial charge in [0.1, 0.15) is 59.1 Å². The van der Waals surface area contributed by atoms with Crippen molar-refractivity contribution >= 4 is 70.6 Å². The second kappa shape index (κ2) is 31.0. The topological polar surface area (TPSA) is 494 Å². The Morgan fingerprint density at radius 1 is 0.755 bits per heavy atom. The third kappa shape index (κ3) is 17.6. The number of carbonyl (C=O) groups is 4. The number of amides is 2. The standard InChI is InChI=1S/C61H73FN8O25S3/c1-31-50(73)52(75)53(76)60(90-31)95-54-43(70-29-42(66-68-70)34-14-8-15-37(62)21-34)24-36(25-44(54)92-61-56(94-59(80)33-12-6-3-7-13-33)55(51(74)46(30-71)93-61)91-45(58(78)79)20-32-10-4-2-5-11-32)57(77)63-18-9-16-38-28-69(67-65-38)19-17-48(72)64-41-26-39(96(81,82)83)22-35-23-40(97(84,85)86)27-47(49(35)41)98(87,88)89/h3,6-8,12-15,21-23,26-29,31-32,36,43-46,50-56,60-61,71,73-76H,2,4-5,9-11,16-20,24-25,30H2,1H3,(H,63,77)(H,64,72)(H,78,79)(H,81,82,83)(H,84,85,86)(H,87,88,89)/t31?,36?,43?,44?,45-,46?,50?,51?,52?,53?,54?,55?,56?,60?,61?/m0/s1. The molecule has 2 saturated carbocycles. The van der Waals surface area contributed by atoms with Crippen molar-refractivity contribution in [3.05, 3.63) is 108 Å². The number of nitrogens with zero attached hydrogens (tertiary/aromatic N) is 6. The lowest BCUT2D eigenvalue weighted by Crippen LogP contribution is -2.64. The normalized spacial score (nSPS) is 26.9. The van der Waals surface area contributed by atoms with E-state index in [1.165, 1.54) is 59.0 Å². The van der Waals surface area contributed by atoms with Crippen LogP contribution in [0.25, 0.3) is 22.0 Å². The molecular formula is C61H73FN8O25S3. The first-order chi connectivity index (χ1) is 46.4. The van der Waals surface area contributed by atoms with Crippen LogP contribution in [0.3, 0.4) is 0 Å². The molecule has 532 valence electrons. The number of esters is 1. The van der Waals surface area contributed by atoms with Crippen LogP contribution in [0.15, 0.2) is 106 Å². The van der Waals surface area contributed by atoms with Gasteiger partial charge in [-0.05, 0) is 98.9 Å². The maximum absolute atomic E-state index is 14.8. The zero-order valence-corrected chi connectivity index (χ0v) is 54.6. The number of aliphatic hydroxyl groups is 5. The molecule has 37 heteroatoms. The Labute approximate surface area is 559 Å². The molecule has 10 rings (SSSR count). The number of carboxylic acid groups (broad SMARTS) is 1. The van der Waals surface area contributed by atoms with E-state index >= 15 is 0 Å². The molecule has 4 heterocycles. The molecule has 2 saturated heterocycles. The predicted molar refractivity (Wildman–Crippen MR) is 332 cm³/mol. The minimum absolute atomic E-state index is 0.00842. The maximum Gasteiger partial charge on any atom is 0.338 e. The number of aryl methyl sites for hydroxylation is 2. The maximum atomic E-state index is 14.8. The van der Waals surface area contributed by atoms with E-state index in [2.05, 4.69) is 31.3 Å². The zero-order valence-electron chi connectivity index (χ0n) is 52.1. The van der Waals surface area contributed by atoms with Crippen LogP contribution in [0, 0.1) is 17.7 Å². The Balaban J connectivity index is 0.908. The molecule has 0 radical (unpaired) electrons. The molecule has 11 N–H and O–H groups in total. The van der Waals surface area contributed by atoms with E-state index in [-0.39, 0.29) is 67.9 Å². The zero-order chi connectivity index (χ0) is 70.5. The molecule has 2 aliphatic heterocycles. The summed E-state index contributed by atoms with van der Waals surface area (Å²) in [5.41, 5.74) is 0.199. The van der Waals surface area contributed by atoms with Gasteiger partial charge in [0, 0.05) is 36.0 Å². The molecule has 98 heavy (non-hydrogen) atoms. The molecule has 2 amide bonds. The lowest BCUT2D eigenvalue weighted by atomic mass is 9.80. The van der Waals surface area contributed by atoms with Crippen LogP contribution in [-0.4, -0.2) is 216 Å². The van der Waals surface area contributed by atoms with Gasteiger partial charge in [0.2, 0.25) is 11.8 Å². The Bertz CT molecular complexity index is 4200. The minimum atomic E-state index is -5.34. The van der Waals surface area contributed by atoms with Gasteiger partial charge in [-0.3, -0.25) is 27.9 Å². The van der Waals surface area contributed by atoms with E-state index in [0.717, 1.165) is 19.3 Å². The number of benzene rings is 4. The second-order valence-electron chi connectivity index (χ2n) is 24.5. The number of aromatic nitrogens is 6. The second-order valence-corrected chi connectivity index (χ2v) is 28.7. The molecule has 2 aliphatic carbocycles. The minimum Gasteiger partial charge on any atom is -0.479 e. The van der Waals surface area contributed by atoms with E-state index in [0.29, 0.717) is 42.8 Å². The largest absolute Gasteiger partial charge is 0.479 e. The smallest absolute Gasteiger partial charge is 0.338 e. The summed E-state index contributed by atoms with van der Waals surface area (Å²) in [5.74, 6) is -5.67. The number of anilines is 1. The first kappa shape index (κ1) is 73.3. The third-order valence-corrected chi connectivity index (χ3v) is 20.2. The Kier molecular flexibility index (Phi) is 23.2. The fourth-order valence-electron chi connectivity index (χ4n) is 12.6.